The summed E-state index contributed by atoms with van der Waals surface area (Å²) in [6.45, 7) is 0. The normalized spacial score (nSPS) is 10.7. The van der Waals surface area contributed by atoms with Crippen LogP contribution in [-0.2, 0) is 0 Å². The number of hydrogen-bond acceptors (Lipinski definition) is 2. The van der Waals surface area contributed by atoms with Gasteiger partial charge in [-0.1, -0.05) is 23.7 Å². The molecule has 2 aromatic carbocycles. The van der Waals surface area contributed by atoms with Gasteiger partial charge in [-0.2, -0.15) is 4.99 Å². The number of pyridine rings is 1. The number of aromatic nitrogens is 1. The molecule has 126 valence electrons. The van der Waals surface area contributed by atoms with Gasteiger partial charge in [-0.05, 0) is 24.3 Å². The van der Waals surface area contributed by atoms with E-state index in [0.717, 1.165) is 6.20 Å². The minimum Gasteiger partial charge on any atom is -0.370 e. The lowest BCUT2D eigenvalue weighted by Gasteiger charge is -2.09. The average molecular weight is 361 g/mol. The van der Waals surface area contributed by atoms with Crippen LogP contribution >= 0.6 is 11.6 Å². The van der Waals surface area contributed by atoms with Gasteiger partial charge >= 0.3 is 0 Å². The predicted molar refractivity (Wildman–Crippen MR) is 92.2 cm³/mol. The first-order chi connectivity index (χ1) is 11.9. The molecule has 0 atom stereocenters. The summed E-state index contributed by atoms with van der Waals surface area (Å²) in [7, 11) is 0. The van der Waals surface area contributed by atoms with Crippen molar-refractivity contribution < 1.29 is 13.6 Å². The molecule has 0 fully saturated rings. The predicted octanol–water partition coefficient (Wildman–Crippen LogP) is 3.25. The van der Waals surface area contributed by atoms with Gasteiger partial charge in [0.2, 0.25) is 0 Å². The Bertz CT molecular complexity index is 1030. The van der Waals surface area contributed by atoms with E-state index in [1.165, 1.54) is 30.3 Å². The van der Waals surface area contributed by atoms with Crippen LogP contribution in [0, 0.1) is 11.6 Å². The lowest BCUT2D eigenvalue weighted by molar-refractivity contribution is 0.100. The van der Waals surface area contributed by atoms with Crippen LogP contribution in [0.1, 0.15) is 10.4 Å². The van der Waals surface area contributed by atoms with Gasteiger partial charge in [-0.15, -0.1) is 0 Å². The molecular formula is C17H11ClF2N4O. The third kappa shape index (κ3) is 3.14. The van der Waals surface area contributed by atoms with E-state index in [4.69, 9.17) is 23.1 Å². The number of carbonyl (C=O) groups excluding carboxylic acids is 1. The van der Waals surface area contributed by atoms with Gasteiger partial charge in [0.1, 0.15) is 5.82 Å². The van der Waals surface area contributed by atoms with Gasteiger partial charge in [-0.25, -0.2) is 8.78 Å². The van der Waals surface area contributed by atoms with E-state index in [0.29, 0.717) is 0 Å². The first-order valence-corrected chi connectivity index (χ1v) is 7.43. The highest BCUT2D eigenvalue weighted by molar-refractivity contribution is 6.31. The third-order valence-corrected chi connectivity index (χ3v) is 3.82. The minimum atomic E-state index is -0.705. The van der Waals surface area contributed by atoms with Crippen molar-refractivity contribution in [2.45, 2.75) is 0 Å². The molecule has 4 N–H and O–H groups in total. The molecule has 0 saturated heterocycles. The van der Waals surface area contributed by atoms with Crippen LogP contribution in [0.2, 0.25) is 5.02 Å². The maximum absolute atomic E-state index is 14.4. The third-order valence-electron chi connectivity index (χ3n) is 3.52. The number of amides is 1. The van der Waals surface area contributed by atoms with Crippen LogP contribution in [0.4, 0.5) is 8.78 Å². The molecule has 25 heavy (non-hydrogen) atoms. The van der Waals surface area contributed by atoms with Crippen molar-refractivity contribution in [1.29, 1.82) is 0 Å². The molecular weight excluding hydrogens is 350 g/mol. The van der Waals surface area contributed by atoms with E-state index in [1.54, 1.807) is 6.07 Å². The Balaban J connectivity index is 2.29. The average Bonchev–Trinajstić information content (AvgIpc) is 2.57. The van der Waals surface area contributed by atoms with E-state index < -0.39 is 23.5 Å². The molecule has 1 aromatic heterocycles. The Morgan fingerprint density at radius 3 is 2.60 bits per heavy atom. The molecule has 0 bridgehead atoms. The summed E-state index contributed by atoms with van der Waals surface area (Å²) in [6.07, 6.45) is 0.982. The number of halogens is 3. The van der Waals surface area contributed by atoms with Crippen molar-refractivity contribution in [1.82, 2.24) is 4.98 Å². The van der Waals surface area contributed by atoms with Crippen molar-refractivity contribution in [2.24, 2.45) is 16.5 Å². The van der Waals surface area contributed by atoms with E-state index in [-0.39, 0.29) is 32.6 Å². The van der Waals surface area contributed by atoms with E-state index in [9.17, 15) is 13.6 Å². The second kappa shape index (κ2) is 6.45. The fraction of sp³-hybridized carbons (Fsp3) is 0. The van der Waals surface area contributed by atoms with E-state index in [1.807, 2.05) is 0 Å². The van der Waals surface area contributed by atoms with Gasteiger partial charge in [0.25, 0.3) is 5.91 Å². The fourth-order valence-electron chi connectivity index (χ4n) is 2.42. The Labute approximate surface area is 145 Å². The fourth-order valence-corrected chi connectivity index (χ4v) is 2.60. The number of fused-ring (bicyclic) bond motifs is 1. The number of rotatable bonds is 2. The molecule has 1 amide bonds. The zero-order valence-electron chi connectivity index (χ0n) is 12.6. The minimum absolute atomic E-state index is 0.0870. The number of nitrogens with zero attached hydrogens (tertiary/aromatic N) is 2. The highest BCUT2D eigenvalue weighted by Crippen LogP contribution is 2.33. The number of hydrogen-bond donors (Lipinski definition) is 2. The molecule has 0 aliphatic heterocycles. The lowest BCUT2D eigenvalue weighted by atomic mass is 10.0. The molecule has 5 nitrogen and oxygen atoms in total. The molecule has 0 saturated carbocycles. The van der Waals surface area contributed by atoms with Crippen molar-refractivity contribution in [3.63, 3.8) is 0 Å². The second-order valence-corrected chi connectivity index (χ2v) is 5.57. The zero-order valence-corrected chi connectivity index (χ0v) is 13.4. The van der Waals surface area contributed by atoms with Crippen LogP contribution in [0.3, 0.4) is 0 Å². The summed E-state index contributed by atoms with van der Waals surface area (Å²) in [6, 6.07) is 8.51. The topological polar surface area (TPSA) is 94.4 Å². The monoisotopic (exact) mass is 360 g/mol. The molecule has 0 radical (unpaired) electrons. The Morgan fingerprint density at radius 1 is 1.12 bits per heavy atom. The highest BCUT2D eigenvalue weighted by Gasteiger charge is 2.16. The van der Waals surface area contributed by atoms with E-state index in [2.05, 4.69) is 9.98 Å². The van der Waals surface area contributed by atoms with Gasteiger partial charge in [0.15, 0.2) is 11.8 Å². The number of nitrogens with two attached hydrogens (primary N) is 2. The highest BCUT2D eigenvalue weighted by atomic mass is 35.5. The number of aliphatic imine (C=N–C) groups is 1. The summed E-state index contributed by atoms with van der Waals surface area (Å²) in [5.41, 5.74) is 10.7. The van der Waals surface area contributed by atoms with Crippen LogP contribution < -0.4 is 11.5 Å². The molecule has 1 heterocycles. The van der Waals surface area contributed by atoms with Crippen LogP contribution in [0.15, 0.2) is 47.6 Å². The maximum atomic E-state index is 14.4. The van der Waals surface area contributed by atoms with Gasteiger partial charge in [-0.3, -0.25) is 9.78 Å². The first-order valence-electron chi connectivity index (χ1n) is 7.05. The maximum Gasteiger partial charge on any atom is 0.280 e. The van der Waals surface area contributed by atoms with Crippen molar-refractivity contribution in [3.8, 4) is 11.3 Å². The van der Waals surface area contributed by atoms with Crippen LogP contribution in [0.5, 0.6) is 0 Å². The Kier molecular flexibility index (Phi) is 4.33. The summed E-state index contributed by atoms with van der Waals surface area (Å²) in [5.74, 6) is -2.40. The van der Waals surface area contributed by atoms with Crippen molar-refractivity contribution in [2.75, 3.05) is 0 Å². The Hall–Kier alpha value is -3.06. The molecule has 8 heteroatoms. The number of benzene rings is 2. The summed E-state index contributed by atoms with van der Waals surface area (Å²) in [5, 5.41) is 0.313. The molecule has 0 aliphatic rings. The molecule has 0 unspecified atom stereocenters. The Morgan fingerprint density at radius 2 is 1.88 bits per heavy atom. The largest absolute Gasteiger partial charge is 0.370 e. The summed E-state index contributed by atoms with van der Waals surface area (Å²) < 4.78 is 28.4. The van der Waals surface area contributed by atoms with Crippen LogP contribution in [0.25, 0.3) is 22.0 Å². The van der Waals surface area contributed by atoms with Crippen molar-refractivity contribution in [3.05, 3.63) is 64.8 Å². The smallest absolute Gasteiger partial charge is 0.280 e. The SMILES string of the molecule is NC(N)=NC(=O)c1ccc2c(F)cnc(-c3cccc(Cl)c3F)c2c1. The molecule has 3 rings (SSSR count). The first kappa shape index (κ1) is 16.8. The number of guanidine groups is 1. The summed E-state index contributed by atoms with van der Waals surface area (Å²) in [4.78, 5) is 19.4. The van der Waals surface area contributed by atoms with Gasteiger partial charge in [0.05, 0.1) is 16.9 Å². The van der Waals surface area contributed by atoms with E-state index >= 15 is 0 Å². The number of carbonyl (C=O) groups is 1. The molecule has 0 spiro atoms. The molecule has 3 aromatic rings. The lowest BCUT2D eigenvalue weighted by Crippen LogP contribution is -2.24. The van der Waals surface area contributed by atoms with Gasteiger partial charge in [0, 0.05) is 21.9 Å². The van der Waals surface area contributed by atoms with Gasteiger partial charge < -0.3 is 11.5 Å². The second-order valence-electron chi connectivity index (χ2n) is 5.16. The standard InChI is InChI=1S/C17H11ClF2N4O/c18-12-3-1-2-10(14(12)20)15-11-6-8(16(25)24-17(21)22)4-5-9(11)13(19)7-23-15/h1-7H,(H4,21,22,24,25). The van der Waals surface area contributed by atoms with Crippen molar-refractivity contribution >= 4 is 34.2 Å². The molecule has 0 aliphatic carbocycles. The van der Waals surface area contributed by atoms with Crippen LogP contribution in [-0.4, -0.2) is 16.9 Å². The quantitative estimate of drug-likeness (QED) is 0.541. The zero-order chi connectivity index (χ0) is 18.1. The summed E-state index contributed by atoms with van der Waals surface area (Å²) >= 11 is 5.81.